The fraction of sp³-hybridized carbons (Fsp3) is 0.227. The van der Waals surface area contributed by atoms with Crippen LogP contribution in [0.25, 0.3) is 5.57 Å². The lowest BCUT2D eigenvalue weighted by molar-refractivity contribution is -0.134. The van der Waals surface area contributed by atoms with Crippen molar-refractivity contribution >= 4 is 11.5 Å². The largest absolute Gasteiger partial charge is 0.466 e. The van der Waals surface area contributed by atoms with Crippen LogP contribution in [-0.4, -0.2) is 13.1 Å². The molecule has 24 heavy (non-hydrogen) atoms. The van der Waals surface area contributed by atoms with E-state index >= 15 is 0 Å². The number of hydrogen-bond donors (Lipinski definition) is 0. The summed E-state index contributed by atoms with van der Waals surface area (Å²) >= 11 is 0. The van der Waals surface area contributed by atoms with Gasteiger partial charge in [-0.05, 0) is 29.7 Å². The van der Waals surface area contributed by atoms with Crippen molar-refractivity contribution < 1.29 is 9.53 Å². The van der Waals surface area contributed by atoms with Crippen LogP contribution in [0.5, 0.6) is 0 Å². The number of benzene rings is 2. The van der Waals surface area contributed by atoms with E-state index in [1.807, 2.05) is 60.7 Å². The van der Waals surface area contributed by atoms with E-state index in [9.17, 15) is 4.79 Å². The minimum atomic E-state index is -0.350. The zero-order valence-electron chi connectivity index (χ0n) is 14.2. The molecule has 0 aliphatic carbocycles. The maximum atomic E-state index is 11.8. The number of carbonyl (C=O) groups excluding carboxylic acids is 1. The van der Waals surface area contributed by atoms with Crippen molar-refractivity contribution in [3.8, 4) is 11.8 Å². The van der Waals surface area contributed by atoms with Crippen LogP contribution in [0.3, 0.4) is 0 Å². The van der Waals surface area contributed by atoms with E-state index in [2.05, 4.69) is 18.8 Å². The Hall–Kier alpha value is -2.79. The standard InChI is InChI=1S/C22H22O2/c1-3-10-19(16-15-18-11-6-4-7-12-18)21(17-22(23)24-2)20-13-8-5-9-14-20/h4-9,11-14,17,19H,3,10H2,1-2H3/b21-17-. The molecule has 0 aromatic heterocycles. The van der Waals surface area contributed by atoms with E-state index in [1.54, 1.807) is 6.08 Å². The molecule has 2 nitrogen and oxygen atoms in total. The van der Waals surface area contributed by atoms with E-state index in [0.29, 0.717) is 0 Å². The van der Waals surface area contributed by atoms with Gasteiger partial charge in [0.05, 0.1) is 7.11 Å². The first-order chi connectivity index (χ1) is 11.7. The Bertz CT molecular complexity index is 734. The molecule has 0 saturated carbocycles. The molecule has 0 saturated heterocycles. The average molecular weight is 318 g/mol. The van der Waals surface area contributed by atoms with Crippen molar-refractivity contribution in [1.82, 2.24) is 0 Å². The number of esters is 1. The lowest BCUT2D eigenvalue weighted by Crippen LogP contribution is -2.05. The predicted octanol–water partition coefficient (Wildman–Crippen LogP) is 4.71. The second kappa shape index (κ2) is 9.37. The number of ether oxygens (including phenoxy) is 1. The van der Waals surface area contributed by atoms with E-state index < -0.39 is 0 Å². The van der Waals surface area contributed by atoms with Gasteiger partial charge in [-0.15, -0.1) is 0 Å². The maximum absolute atomic E-state index is 11.8. The van der Waals surface area contributed by atoms with E-state index in [-0.39, 0.29) is 11.9 Å². The van der Waals surface area contributed by atoms with E-state index in [0.717, 1.165) is 29.5 Å². The highest BCUT2D eigenvalue weighted by atomic mass is 16.5. The van der Waals surface area contributed by atoms with Crippen molar-refractivity contribution in [2.24, 2.45) is 5.92 Å². The fourth-order valence-electron chi connectivity index (χ4n) is 2.49. The number of rotatable bonds is 5. The van der Waals surface area contributed by atoms with Gasteiger partial charge in [0.2, 0.25) is 0 Å². The molecule has 0 fully saturated rings. The highest BCUT2D eigenvalue weighted by molar-refractivity contribution is 5.92. The molecule has 0 aliphatic rings. The van der Waals surface area contributed by atoms with Crippen LogP contribution in [0, 0.1) is 17.8 Å². The van der Waals surface area contributed by atoms with Gasteiger partial charge in [0.15, 0.2) is 0 Å². The molecule has 2 rings (SSSR count). The van der Waals surface area contributed by atoms with Crippen LogP contribution < -0.4 is 0 Å². The van der Waals surface area contributed by atoms with Crippen LogP contribution in [0.15, 0.2) is 66.7 Å². The summed E-state index contributed by atoms with van der Waals surface area (Å²) in [5.74, 6) is 6.20. The Morgan fingerprint density at radius 2 is 1.71 bits per heavy atom. The predicted molar refractivity (Wildman–Crippen MR) is 98.2 cm³/mol. The summed E-state index contributed by atoms with van der Waals surface area (Å²) in [6, 6.07) is 19.8. The summed E-state index contributed by atoms with van der Waals surface area (Å²) in [4.78, 5) is 11.8. The lowest BCUT2D eigenvalue weighted by Gasteiger charge is -2.15. The highest BCUT2D eigenvalue weighted by Gasteiger charge is 2.15. The maximum Gasteiger partial charge on any atom is 0.330 e. The van der Waals surface area contributed by atoms with Gasteiger partial charge in [0.1, 0.15) is 0 Å². The van der Waals surface area contributed by atoms with Gasteiger partial charge in [-0.3, -0.25) is 0 Å². The summed E-state index contributed by atoms with van der Waals surface area (Å²) < 4.78 is 4.83. The molecule has 2 aromatic carbocycles. The number of methoxy groups -OCH3 is 1. The van der Waals surface area contributed by atoms with Crippen molar-refractivity contribution in [2.75, 3.05) is 7.11 Å². The third-order valence-electron chi connectivity index (χ3n) is 3.70. The van der Waals surface area contributed by atoms with Gasteiger partial charge in [-0.25, -0.2) is 4.79 Å². The topological polar surface area (TPSA) is 26.3 Å². The molecule has 0 aliphatic heterocycles. The highest BCUT2D eigenvalue weighted by Crippen LogP contribution is 2.27. The first-order valence-electron chi connectivity index (χ1n) is 8.16. The summed E-state index contributed by atoms with van der Waals surface area (Å²) in [6.45, 7) is 2.12. The van der Waals surface area contributed by atoms with Crippen LogP contribution in [0.1, 0.15) is 30.9 Å². The summed E-state index contributed by atoms with van der Waals surface area (Å²) in [7, 11) is 1.39. The second-order valence-electron chi connectivity index (χ2n) is 5.47. The first-order valence-corrected chi connectivity index (χ1v) is 8.16. The minimum Gasteiger partial charge on any atom is -0.466 e. The molecular weight excluding hydrogens is 296 g/mol. The van der Waals surface area contributed by atoms with Crippen molar-refractivity contribution in [3.63, 3.8) is 0 Å². The molecular formula is C22H22O2. The van der Waals surface area contributed by atoms with Gasteiger partial charge < -0.3 is 4.74 Å². The normalized spacial score (nSPS) is 12.0. The van der Waals surface area contributed by atoms with Crippen LogP contribution >= 0.6 is 0 Å². The number of allylic oxidation sites excluding steroid dienone is 1. The molecule has 0 bridgehead atoms. The van der Waals surface area contributed by atoms with Crippen molar-refractivity contribution in [1.29, 1.82) is 0 Å². The van der Waals surface area contributed by atoms with Gasteiger partial charge >= 0.3 is 5.97 Å². The third-order valence-corrected chi connectivity index (χ3v) is 3.70. The van der Waals surface area contributed by atoms with Gasteiger partial charge in [-0.2, -0.15) is 0 Å². The second-order valence-corrected chi connectivity index (χ2v) is 5.47. The van der Waals surface area contributed by atoms with Gasteiger partial charge in [-0.1, -0.05) is 73.7 Å². The molecule has 0 amide bonds. The monoisotopic (exact) mass is 318 g/mol. The third kappa shape index (κ3) is 5.14. The zero-order chi connectivity index (χ0) is 17.2. The molecule has 0 heterocycles. The smallest absolute Gasteiger partial charge is 0.330 e. The Morgan fingerprint density at radius 3 is 2.29 bits per heavy atom. The minimum absolute atomic E-state index is 0.0169. The number of hydrogen-bond acceptors (Lipinski definition) is 2. The Balaban J connectivity index is 2.41. The summed E-state index contributed by atoms with van der Waals surface area (Å²) in [5, 5.41) is 0. The Kier molecular flexibility index (Phi) is 6.86. The zero-order valence-corrected chi connectivity index (χ0v) is 14.2. The van der Waals surface area contributed by atoms with E-state index in [4.69, 9.17) is 4.74 Å². The van der Waals surface area contributed by atoms with Gasteiger partial charge in [0.25, 0.3) is 0 Å². The van der Waals surface area contributed by atoms with Crippen LogP contribution in [0.2, 0.25) is 0 Å². The fourth-order valence-corrected chi connectivity index (χ4v) is 2.49. The van der Waals surface area contributed by atoms with Crippen molar-refractivity contribution in [3.05, 3.63) is 77.9 Å². The molecule has 0 spiro atoms. The molecule has 0 N–H and O–H groups in total. The first kappa shape index (κ1) is 17.6. The van der Waals surface area contributed by atoms with Gasteiger partial charge in [0, 0.05) is 17.6 Å². The lowest BCUT2D eigenvalue weighted by atomic mass is 9.89. The quantitative estimate of drug-likeness (QED) is 0.453. The molecule has 0 radical (unpaired) electrons. The molecule has 2 heteroatoms. The molecule has 2 aromatic rings. The molecule has 122 valence electrons. The van der Waals surface area contributed by atoms with Crippen molar-refractivity contribution in [2.45, 2.75) is 19.8 Å². The SMILES string of the molecule is CCCC(C#Cc1ccccc1)/C(=C/C(=O)OC)c1ccccc1. The Morgan fingerprint density at radius 1 is 1.08 bits per heavy atom. The molecule has 1 unspecified atom stereocenters. The average Bonchev–Trinajstić information content (AvgIpc) is 2.64. The summed E-state index contributed by atoms with van der Waals surface area (Å²) in [6.07, 6.45) is 3.44. The molecule has 1 atom stereocenters. The van der Waals surface area contributed by atoms with Crippen LogP contribution in [-0.2, 0) is 9.53 Å². The Labute approximate surface area is 144 Å². The number of carbonyl (C=O) groups is 1. The summed E-state index contributed by atoms with van der Waals surface area (Å²) in [5.41, 5.74) is 2.89. The van der Waals surface area contributed by atoms with Crippen LogP contribution in [0.4, 0.5) is 0 Å². The van der Waals surface area contributed by atoms with E-state index in [1.165, 1.54) is 7.11 Å².